The quantitative estimate of drug-likeness (QED) is 0.386. The van der Waals surface area contributed by atoms with Gasteiger partial charge in [0.2, 0.25) is 5.82 Å². The maximum atomic E-state index is 14.3. The van der Waals surface area contributed by atoms with E-state index >= 15 is 0 Å². The topological polar surface area (TPSA) is 110 Å². The predicted octanol–water partition coefficient (Wildman–Crippen LogP) is 2.91. The van der Waals surface area contributed by atoms with E-state index in [1.54, 1.807) is 29.2 Å². The van der Waals surface area contributed by atoms with Crippen LogP contribution >= 0.6 is 0 Å². The molecule has 5 rings (SSSR count). The van der Waals surface area contributed by atoms with Gasteiger partial charge in [-0.1, -0.05) is 46.8 Å². The number of hydrogen-bond donors (Lipinski definition) is 0. The first-order valence-electron chi connectivity index (χ1n) is 9.67. The Balaban J connectivity index is 1.44. The van der Waals surface area contributed by atoms with E-state index in [4.69, 9.17) is 9.26 Å². The van der Waals surface area contributed by atoms with Crippen molar-refractivity contribution in [1.29, 1.82) is 0 Å². The highest BCUT2D eigenvalue weighted by Gasteiger charge is 2.22. The molecule has 0 aliphatic heterocycles. The van der Waals surface area contributed by atoms with Gasteiger partial charge in [-0.05, 0) is 17.7 Å². The minimum absolute atomic E-state index is 0.130. The van der Waals surface area contributed by atoms with E-state index in [2.05, 4.69) is 30.5 Å². The molecule has 0 aliphatic carbocycles. The zero-order valence-corrected chi connectivity index (χ0v) is 17.0. The summed E-state index contributed by atoms with van der Waals surface area (Å²) in [6.07, 6.45) is 3.15. The minimum atomic E-state index is -0.432. The van der Waals surface area contributed by atoms with E-state index in [-0.39, 0.29) is 18.2 Å². The summed E-state index contributed by atoms with van der Waals surface area (Å²) in [5.41, 5.74) is 2.91. The van der Waals surface area contributed by atoms with Crippen LogP contribution in [0.2, 0.25) is 0 Å². The predicted molar refractivity (Wildman–Crippen MR) is 110 cm³/mol. The van der Waals surface area contributed by atoms with Crippen LogP contribution in [0.1, 0.15) is 11.3 Å². The molecule has 0 radical (unpaired) electrons. The van der Waals surface area contributed by atoms with E-state index < -0.39 is 5.82 Å². The van der Waals surface area contributed by atoms with Gasteiger partial charge in [-0.25, -0.2) is 18.7 Å². The van der Waals surface area contributed by atoms with Gasteiger partial charge in [0.15, 0.2) is 5.69 Å². The molecular weight excluding hydrogens is 415 g/mol. The molecule has 3 heterocycles. The molecule has 0 atom stereocenters. The van der Waals surface area contributed by atoms with Gasteiger partial charge in [-0.2, -0.15) is 10.1 Å². The molecule has 0 fully saturated rings. The molecule has 0 unspecified atom stereocenters. The average Bonchev–Trinajstić information content (AvgIpc) is 3.56. The molecular formula is C21H17FN8O2. The minimum Gasteiger partial charge on any atom is -0.378 e. The molecule has 0 bridgehead atoms. The van der Waals surface area contributed by atoms with Gasteiger partial charge in [0.05, 0.1) is 13.2 Å². The lowest BCUT2D eigenvalue weighted by Crippen LogP contribution is -2.06. The fraction of sp³-hybridized carbons (Fsp3) is 0.143. The molecule has 2 aromatic carbocycles. The average molecular weight is 432 g/mol. The molecule has 0 saturated carbocycles. The number of para-hydroxylation sites is 1. The summed E-state index contributed by atoms with van der Waals surface area (Å²) in [5, 5.41) is 16.4. The van der Waals surface area contributed by atoms with Crippen LogP contribution in [0.15, 0.2) is 65.7 Å². The second-order valence-electron chi connectivity index (χ2n) is 6.89. The highest BCUT2D eigenvalue weighted by molar-refractivity contribution is 5.59. The highest BCUT2D eigenvalue weighted by Crippen LogP contribution is 2.26. The smallest absolute Gasteiger partial charge is 0.280 e. The van der Waals surface area contributed by atoms with Crippen molar-refractivity contribution in [3.63, 3.8) is 0 Å². The van der Waals surface area contributed by atoms with Gasteiger partial charge < -0.3 is 9.26 Å². The molecule has 0 spiro atoms. The molecule has 10 nitrogen and oxygen atoms in total. The highest BCUT2D eigenvalue weighted by atomic mass is 19.1. The number of benzene rings is 2. The Bertz CT molecular complexity index is 1330. The number of rotatable bonds is 7. The van der Waals surface area contributed by atoms with Crippen LogP contribution in [0.5, 0.6) is 0 Å². The monoisotopic (exact) mass is 432 g/mol. The third-order valence-corrected chi connectivity index (χ3v) is 4.78. The first kappa shape index (κ1) is 19.7. The van der Waals surface area contributed by atoms with Crippen LogP contribution in [0.3, 0.4) is 0 Å². The first-order chi connectivity index (χ1) is 15.7. The largest absolute Gasteiger partial charge is 0.378 e. The molecule has 0 amide bonds. The molecule has 0 saturated heterocycles. The third-order valence-electron chi connectivity index (χ3n) is 4.78. The fourth-order valence-corrected chi connectivity index (χ4v) is 3.25. The lowest BCUT2D eigenvalue weighted by molar-refractivity contribution is 0.179. The zero-order chi connectivity index (χ0) is 21.9. The van der Waals surface area contributed by atoms with Gasteiger partial charge in [-0.3, -0.25) is 0 Å². The second-order valence-corrected chi connectivity index (χ2v) is 6.89. The van der Waals surface area contributed by atoms with Crippen LogP contribution in [-0.2, 0) is 17.9 Å². The lowest BCUT2D eigenvalue weighted by atomic mass is 10.1. The number of aromatic nitrogens is 8. The van der Waals surface area contributed by atoms with Crippen molar-refractivity contribution < 1.29 is 13.7 Å². The molecule has 160 valence electrons. The van der Waals surface area contributed by atoms with Crippen LogP contribution in [-0.4, -0.2) is 47.0 Å². The van der Waals surface area contributed by atoms with Gasteiger partial charge >= 0.3 is 0 Å². The molecule has 11 heteroatoms. The standard InChI is InChI=1S/C21H17FN8O2/c1-31-11-18-19(26-28-30(18)17-5-3-2-4-16(17)22)21-25-20(27-32-21)15-8-6-14(7-9-15)10-29-13-23-12-24-29/h2-9,12-13H,10-11H2,1H3. The maximum Gasteiger partial charge on any atom is 0.280 e. The Labute approximate surface area is 181 Å². The molecule has 32 heavy (non-hydrogen) atoms. The van der Waals surface area contributed by atoms with Crippen molar-refractivity contribution in [2.75, 3.05) is 7.11 Å². The van der Waals surface area contributed by atoms with E-state index in [9.17, 15) is 4.39 Å². The Kier molecular flexibility index (Phi) is 5.22. The normalized spacial score (nSPS) is 11.2. The number of halogens is 1. The Hall–Kier alpha value is -4.25. The van der Waals surface area contributed by atoms with Crippen LogP contribution < -0.4 is 0 Å². The SMILES string of the molecule is COCc1c(-c2nc(-c3ccc(Cn4cncn4)cc3)no2)nnn1-c1ccccc1F. The van der Waals surface area contributed by atoms with E-state index in [0.717, 1.165) is 11.1 Å². The first-order valence-corrected chi connectivity index (χ1v) is 9.67. The Morgan fingerprint density at radius 3 is 2.69 bits per heavy atom. The van der Waals surface area contributed by atoms with Crippen molar-refractivity contribution in [1.82, 2.24) is 39.9 Å². The number of hydrogen-bond acceptors (Lipinski definition) is 8. The molecule has 5 aromatic rings. The second kappa shape index (κ2) is 8.47. The number of ether oxygens (including phenoxy) is 1. The summed E-state index contributed by atoms with van der Waals surface area (Å²) in [7, 11) is 1.53. The van der Waals surface area contributed by atoms with Gasteiger partial charge in [0.25, 0.3) is 5.89 Å². The summed E-state index contributed by atoms with van der Waals surface area (Å²) in [4.78, 5) is 8.40. The van der Waals surface area contributed by atoms with E-state index in [0.29, 0.717) is 23.8 Å². The van der Waals surface area contributed by atoms with Crippen molar-refractivity contribution in [3.8, 4) is 28.7 Å². The van der Waals surface area contributed by atoms with Crippen molar-refractivity contribution in [3.05, 3.63) is 78.3 Å². The van der Waals surface area contributed by atoms with Crippen molar-refractivity contribution in [2.24, 2.45) is 0 Å². The van der Waals surface area contributed by atoms with Crippen LogP contribution in [0.25, 0.3) is 28.7 Å². The van der Waals surface area contributed by atoms with Gasteiger partial charge in [0, 0.05) is 12.7 Å². The Morgan fingerprint density at radius 1 is 1.09 bits per heavy atom. The van der Waals surface area contributed by atoms with Crippen LogP contribution in [0, 0.1) is 5.82 Å². The van der Waals surface area contributed by atoms with Crippen molar-refractivity contribution >= 4 is 0 Å². The summed E-state index contributed by atoms with van der Waals surface area (Å²) in [6.45, 7) is 0.739. The molecule has 0 aliphatic rings. The van der Waals surface area contributed by atoms with Crippen LogP contribution in [0.4, 0.5) is 4.39 Å². The van der Waals surface area contributed by atoms with Crippen molar-refractivity contribution in [2.45, 2.75) is 13.2 Å². The molecule has 0 N–H and O–H groups in total. The van der Waals surface area contributed by atoms with Gasteiger partial charge in [-0.15, -0.1) is 5.10 Å². The van der Waals surface area contributed by atoms with E-state index in [1.165, 1.54) is 24.2 Å². The number of methoxy groups -OCH3 is 1. The molecule has 3 aromatic heterocycles. The maximum absolute atomic E-state index is 14.3. The zero-order valence-electron chi connectivity index (χ0n) is 17.0. The summed E-state index contributed by atoms with van der Waals surface area (Å²) in [6, 6.07) is 14.0. The lowest BCUT2D eigenvalue weighted by Gasteiger charge is -2.06. The summed E-state index contributed by atoms with van der Waals surface area (Å²) in [5.74, 6) is 0.135. The third kappa shape index (κ3) is 3.76. The number of nitrogens with zero attached hydrogens (tertiary/aromatic N) is 8. The fourth-order valence-electron chi connectivity index (χ4n) is 3.25. The summed E-state index contributed by atoms with van der Waals surface area (Å²) < 4.78 is 28.1. The summed E-state index contributed by atoms with van der Waals surface area (Å²) >= 11 is 0. The Morgan fingerprint density at radius 2 is 1.94 bits per heavy atom. The van der Waals surface area contributed by atoms with E-state index in [1.807, 2.05) is 24.3 Å². The van der Waals surface area contributed by atoms with Gasteiger partial charge in [0.1, 0.15) is 29.9 Å².